The van der Waals surface area contributed by atoms with Crippen LogP contribution in [0.4, 0.5) is 0 Å². The van der Waals surface area contributed by atoms with E-state index in [0.29, 0.717) is 0 Å². The van der Waals surface area contributed by atoms with Crippen LogP contribution in [0.2, 0.25) is 0 Å². The molecule has 0 rings (SSSR count). The van der Waals surface area contributed by atoms with Gasteiger partial charge in [-0.3, -0.25) is 9.59 Å². The summed E-state index contributed by atoms with van der Waals surface area (Å²) in [6, 6.07) is 0. The summed E-state index contributed by atoms with van der Waals surface area (Å²) in [6.07, 6.45) is -0.782. The predicted octanol–water partition coefficient (Wildman–Crippen LogP) is -0.570. The van der Waals surface area contributed by atoms with Gasteiger partial charge in [0.25, 0.3) is 0 Å². The Balaban J connectivity index is 0. The van der Waals surface area contributed by atoms with Crippen molar-refractivity contribution in [1.29, 1.82) is 0 Å². The highest BCUT2D eigenvalue weighted by Gasteiger charge is 2.06. The van der Waals surface area contributed by atoms with Crippen LogP contribution in [0.1, 0.15) is 20.8 Å². The van der Waals surface area contributed by atoms with Gasteiger partial charge in [0.05, 0.1) is 13.2 Å². The van der Waals surface area contributed by atoms with E-state index in [1.54, 1.807) is 0 Å². The van der Waals surface area contributed by atoms with Crippen molar-refractivity contribution in [2.45, 2.75) is 27.1 Å². The van der Waals surface area contributed by atoms with Gasteiger partial charge < -0.3 is 19.7 Å². The molecule has 0 aromatic rings. The largest absolute Gasteiger partial charge is 0.426 e. The third-order valence-corrected chi connectivity index (χ3v) is 0.764. The van der Waals surface area contributed by atoms with Gasteiger partial charge in [-0.1, -0.05) is 0 Å². The van der Waals surface area contributed by atoms with Gasteiger partial charge in [0, 0.05) is 20.8 Å². The molecule has 0 unspecified atom stereocenters. The molecular formula is C8H16O6. The second-order valence-corrected chi connectivity index (χ2v) is 2.23. The van der Waals surface area contributed by atoms with E-state index in [2.05, 4.69) is 9.47 Å². The molecule has 0 aromatic carbocycles. The molecule has 0 atom stereocenters. The molecule has 0 aliphatic carbocycles. The summed E-state index contributed by atoms with van der Waals surface area (Å²) in [7, 11) is 0. The Morgan fingerprint density at radius 1 is 1.07 bits per heavy atom. The molecule has 0 radical (unpaired) electrons. The minimum Gasteiger partial charge on any atom is -0.426 e. The summed E-state index contributed by atoms with van der Waals surface area (Å²) in [5, 5.41) is 15.2. The minimum absolute atomic E-state index is 0.125. The van der Waals surface area contributed by atoms with E-state index >= 15 is 0 Å². The van der Waals surface area contributed by atoms with Crippen molar-refractivity contribution in [3.8, 4) is 0 Å². The van der Waals surface area contributed by atoms with Crippen LogP contribution in [0.25, 0.3) is 0 Å². The van der Waals surface area contributed by atoms with E-state index in [1.807, 2.05) is 0 Å². The third-order valence-electron chi connectivity index (χ3n) is 0.764. The van der Waals surface area contributed by atoms with Crippen LogP contribution >= 0.6 is 0 Å². The third kappa shape index (κ3) is 17.1. The zero-order chi connectivity index (χ0) is 11.6. The van der Waals surface area contributed by atoms with E-state index in [9.17, 15) is 9.59 Å². The number of rotatable bonds is 3. The number of ether oxygens (including phenoxy) is 2. The van der Waals surface area contributed by atoms with E-state index in [4.69, 9.17) is 10.2 Å². The second-order valence-electron chi connectivity index (χ2n) is 2.23. The number of carbonyl (C=O) groups is 2. The SMILES string of the molecule is CC(=O)OC(C)OC(C)=O.OCCO. The smallest absolute Gasteiger partial charge is 0.305 e. The maximum atomic E-state index is 10.2. The molecule has 0 saturated heterocycles. The van der Waals surface area contributed by atoms with Crippen LogP contribution in [-0.4, -0.2) is 41.7 Å². The highest BCUT2D eigenvalue weighted by molar-refractivity contribution is 5.68. The zero-order valence-corrected chi connectivity index (χ0v) is 8.52. The first kappa shape index (κ1) is 15.3. The summed E-state index contributed by atoms with van der Waals surface area (Å²) < 4.78 is 8.96. The Morgan fingerprint density at radius 3 is 1.50 bits per heavy atom. The fourth-order valence-corrected chi connectivity index (χ4v) is 0.491. The summed E-state index contributed by atoms with van der Waals surface area (Å²) in [6.45, 7) is 3.72. The Hall–Kier alpha value is -1.14. The number of aliphatic hydroxyl groups excluding tert-OH is 2. The van der Waals surface area contributed by atoms with Crippen molar-refractivity contribution in [1.82, 2.24) is 0 Å². The number of esters is 2. The summed E-state index contributed by atoms with van der Waals surface area (Å²) in [5.41, 5.74) is 0. The summed E-state index contributed by atoms with van der Waals surface area (Å²) in [4.78, 5) is 20.4. The maximum Gasteiger partial charge on any atom is 0.305 e. The van der Waals surface area contributed by atoms with Gasteiger partial charge in [-0.2, -0.15) is 0 Å². The topological polar surface area (TPSA) is 93.1 Å². The Labute approximate surface area is 82.4 Å². The van der Waals surface area contributed by atoms with Gasteiger partial charge in [0.15, 0.2) is 0 Å². The van der Waals surface area contributed by atoms with Crippen LogP contribution in [-0.2, 0) is 19.1 Å². The Morgan fingerprint density at radius 2 is 1.36 bits per heavy atom. The minimum atomic E-state index is -0.782. The van der Waals surface area contributed by atoms with Gasteiger partial charge in [-0.15, -0.1) is 0 Å². The summed E-state index contributed by atoms with van der Waals surface area (Å²) >= 11 is 0. The van der Waals surface area contributed by atoms with Crippen LogP contribution in [0, 0.1) is 0 Å². The molecule has 0 aliphatic rings. The molecule has 6 heteroatoms. The van der Waals surface area contributed by atoms with Crippen molar-refractivity contribution < 1.29 is 29.3 Å². The lowest BCUT2D eigenvalue weighted by molar-refractivity contribution is -0.181. The van der Waals surface area contributed by atoms with Crippen molar-refractivity contribution in [3.05, 3.63) is 0 Å². The van der Waals surface area contributed by atoms with E-state index in [1.165, 1.54) is 20.8 Å². The number of aliphatic hydroxyl groups is 2. The number of carbonyl (C=O) groups excluding carboxylic acids is 2. The highest BCUT2D eigenvalue weighted by Crippen LogP contribution is 1.93. The lowest BCUT2D eigenvalue weighted by Gasteiger charge is -2.10. The standard InChI is InChI=1S/C6H10O4.C2H6O2/c1-4(7)9-6(3)10-5(2)8;3-1-2-4/h6H,1-3H3;3-4H,1-2H2. The van der Waals surface area contributed by atoms with Gasteiger partial charge in [-0.05, 0) is 0 Å². The van der Waals surface area contributed by atoms with Crippen LogP contribution in [0.5, 0.6) is 0 Å². The second kappa shape index (κ2) is 9.94. The quantitative estimate of drug-likeness (QED) is 0.476. The molecule has 0 saturated carbocycles. The molecule has 0 heterocycles. The molecule has 2 N–H and O–H groups in total. The molecule has 0 aliphatic heterocycles. The normalized spacial score (nSPS) is 8.71. The van der Waals surface area contributed by atoms with Crippen molar-refractivity contribution in [2.24, 2.45) is 0 Å². The monoisotopic (exact) mass is 208 g/mol. The van der Waals surface area contributed by atoms with Crippen LogP contribution < -0.4 is 0 Å². The van der Waals surface area contributed by atoms with Crippen molar-refractivity contribution >= 4 is 11.9 Å². The van der Waals surface area contributed by atoms with Crippen LogP contribution in [0.15, 0.2) is 0 Å². The lowest BCUT2D eigenvalue weighted by Crippen LogP contribution is -2.18. The van der Waals surface area contributed by atoms with Gasteiger partial charge in [0.1, 0.15) is 0 Å². The molecule has 0 spiro atoms. The molecular weight excluding hydrogens is 192 g/mol. The molecule has 0 fully saturated rings. The van der Waals surface area contributed by atoms with Gasteiger partial charge in [0.2, 0.25) is 6.29 Å². The molecule has 84 valence electrons. The number of hydrogen-bond acceptors (Lipinski definition) is 6. The molecule has 0 amide bonds. The van der Waals surface area contributed by atoms with Crippen LogP contribution in [0.3, 0.4) is 0 Å². The lowest BCUT2D eigenvalue weighted by atomic mass is 10.7. The fourth-order valence-electron chi connectivity index (χ4n) is 0.491. The van der Waals surface area contributed by atoms with Crippen molar-refractivity contribution in [3.63, 3.8) is 0 Å². The fraction of sp³-hybridized carbons (Fsp3) is 0.750. The predicted molar refractivity (Wildman–Crippen MR) is 47.2 cm³/mol. The first-order chi connectivity index (χ1) is 6.43. The molecule has 0 aromatic heterocycles. The average Bonchev–Trinajstić information content (AvgIpc) is 2.01. The van der Waals surface area contributed by atoms with E-state index in [0.717, 1.165) is 0 Å². The first-order valence-corrected chi connectivity index (χ1v) is 4.00. The maximum absolute atomic E-state index is 10.2. The zero-order valence-electron chi connectivity index (χ0n) is 8.52. The Kier molecular flexibility index (Phi) is 10.9. The van der Waals surface area contributed by atoms with Gasteiger partial charge in [-0.25, -0.2) is 0 Å². The van der Waals surface area contributed by atoms with E-state index in [-0.39, 0.29) is 13.2 Å². The molecule has 0 bridgehead atoms. The van der Waals surface area contributed by atoms with Crippen molar-refractivity contribution in [2.75, 3.05) is 13.2 Å². The average molecular weight is 208 g/mol. The molecule has 14 heavy (non-hydrogen) atoms. The van der Waals surface area contributed by atoms with Gasteiger partial charge >= 0.3 is 11.9 Å². The summed E-state index contributed by atoms with van der Waals surface area (Å²) in [5.74, 6) is -0.928. The highest BCUT2D eigenvalue weighted by atomic mass is 16.7. The Bertz CT molecular complexity index is 149. The first-order valence-electron chi connectivity index (χ1n) is 4.00. The molecule has 6 nitrogen and oxygen atoms in total. The van der Waals surface area contributed by atoms with E-state index < -0.39 is 18.2 Å². The number of hydrogen-bond donors (Lipinski definition) is 2.